The molecule has 0 bridgehead atoms. The van der Waals surface area contributed by atoms with Crippen molar-refractivity contribution >= 4 is 23.2 Å². The molecule has 1 aromatic carbocycles. The Balaban J connectivity index is 2.16. The van der Waals surface area contributed by atoms with Gasteiger partial charge in [0.05, 0.1) is 17.3 Å². The number of nitrogens with zero attached hydrogens (tertiary/aromatic N) is 3. The summed E-state index contributed by atoms with van der Waals surface area (Å²) in [6, 6.07) is 5.29. The average molecular weight is 294 g/mol. The topological polar surface area (TPSA) is 71.8 Å². The summed E-state index contributed by atoms with van der Waals surface area (Å²) in [5.74, 6) is -0.123. The minimum atomic E-state index is -0.123. The SMILES string of the molecule is CCCNCC(=O)Nc1cccc(Cl)c1-n1cncn1. The summed E-state index contributed by atoms with van der Waals surface area (Å²) in [4.78, 5) is 15.7. The van der Waals surface area contributed by atoms with E-state index in [9.17, 15) is 4.79 Å². The molecule has 2 rings (SSSR count). The van der Waals surface area contributed by atoms with E-state index < -0.39 is 0 Å². The van der Waals surface area contributed by atoms with E-state index in [2.05, 4.69) is 20.7 Å². The van der Waals surface area contributed by atoms with Gasteiger partial charge in [-0.05, 0) is 25.1 Å². The third-order valence-corrected chi connectivity index (χ3v) is 2.93. The molecule has 106 valence electrons. The van der Waals surface area contributed by atoms with Gasteiger partial charge < -0.3 is 10.6 Å². The standard InChI is InChI=1S/C13H16ClN5O/c1-2-6-15-7-12(20)18-11-5-3-4-10(14)13(11)19-9-16-8-17-19/h3-5,8-9,15H,2,6-7H2,1H3,(H,18,20). The van der Waals surface area contributed by atoms with Crippen molar-refractivity contribution in [2.75, 3.05) is 18.4 Å². The van der Waals surface area contributed by atoms with Crippen LogP contribution < -0.4 is 10.6 Å². The summed E-state index contributed by atoms with van der Waals surface area (Å²) < 4.78 is 1.53. The normalized spacial score (nSPS) is 10.5. The van der Waals surface area contributed by atoms with Gasteiger partial charge in [-0.25, -0.2) is 9.67 Å². The number of halogens is 1. The fraction of sp³-hybridized carbons (Fsp3) is 0.308. The molecule has 0 aliphatic rings. The monoisotopic (exact) mass is 293 g/mol. The Hall–Kier alpha value is -1.92. The van der Waals surface area contributed by atoms with Crippen LogP contribution in [0.1, 0.15) is 13.3 Å². The molecular weight excluding hydrogens is 278 g/mol. The molecule has 0 unspecified atom stereocenters. The van der Waals surface area contributed by atoms with E-state index in [0.717, 1.165) is 13.0 Å². The molecule has 7 heteroatoms. The van der Waals surface area contributed by atoms with E-state index in [1.54, 1.807) is 18.2 Å². The fourth-order valence-electron chi connectivity index (χ4n) is 1.75. The lowest BCUT2D eigenvalue weighted by atomic mass is 10.2. The molecule has 0 aliphatic carbocycles. The number of carbonyl (C=O) groups excluding carboxylic acids is 1. The Bertz CT molecular complexity index is 570. The molecule has 1 aromatic heterocycles. The first-order valence-corrected chi connectivity index (χ1v) is 6.74. The van der Waals surface area contributed by atoms with Crippen molar-refractivity contribution in [1.82, 2.24) is 20.1 Å². The first-order valence-electron chi connectivity index (χ1n) is 6.36. The lowest BCUT2D eigenvalue weighted by Crippen LogP contribution is -2.28. The quantitative estimate of drug-likeness (QED) is 0.798. The molecule has 0 aliphatic heterocycles. The molecule has 0 spiro atoms. The first kappa shape index (κ1) is 14.5. The molecule has 1 amide bonds. The Morgan fingerprint density at radius 2 is 2.30 bits per heavy atom. The van der Waals surface area contributed by atoms with E-state index in [4.69, 9.17) is 11.6 Å². The molecule has 0 saturated heterocycles. The average Bonchev–Trinajstić information content (AvgIpc) is 2.93. The van der Waals surface area contributed by atoms with Gasteiger partial charge in [-0.3, -0.25) is 4.79 Å². The summed E-state index contributed by atoms with van der Waals surface area (Å²) in [5, 5.41) is 10.4. The summed E-state index contributed by atoms with van der Waals surface area (Å²) >= 11 is 6.18. The van der Waals surface area contributed by atoms with E-state index in [-0.39, 0.29) is 12.5 Å². The second-order valence-electron chi connectivity index (χ2n) is 4.20. The van der Waals surface area contributed by atoms with Crippen LogP contribution in [0.5, 0.6) is 0 Å². The van der Waals surface area contributed by atoms with Crippen molar-refractivity contribution in [3.05, 3.63) is 35.9 Å². The molecule has 1 heterocycles. The highest BCUT2D eigenvalue weighted by Gasteiger charge is 2.12. The summed E-state index contributed by atoms with van der Waals surface area (Å²) in [6.07, 6.45) is 3.93. The lowest BCUT2D eigenvalue weighted by Gasteiger charge is -2.12. The van der Waals surface area contributed by atoms with Crippen LogP contribution in [-0.4, -0.2) is 33.8 Å². The number of hydrogen-bond acceptors (Lipinski definition) is 4. The molecule has 0 saturated carbocycles. The molecule has 20 heavy (non-hydrogen) atoms. The molecule has 0 fully saturated rings. The van der Waals surface area contributed by atoms with Crippen LogP contribution in [0.25, 0.3) is 5.69 Å². The van der Waals surface area contributed by atoms with Gasteiger partial charge >= 0.3 is 0 Å². The Morgan fingerprint density at radius 3 is 3.00 bits per heavy atom. The van der Waals surface area contributed by atoms with E-state index in [1.165, 1.54) is 17.3 Å². The zero-order valence-electron chi connectivity index (χ0n) is 11.1. The number of benzene rings is 1. The third kappa shape index (κ3) is 3.55. The van der Waals surface area contributed by atoms with Crippen LogP contribution in [0, 0.1) is 0 Å². The predicted octanol–water partition coefficient (Wildman–Crippen LogP) is 1.86. The van der Waals surface area contributed by atoms with E-state index >= 15 is 0 Å². The fourth-order valence-corrected chi connectivity index (χ4v) is 2.01. The number of aromatic nitrogens is 3. The van der Waals surface area contributed by atoms with Gasteiger partial charge in [-0.15, -0.1) is 0 Å². The minimum Gasteiger partial charge on any atom is -0.323 e. The van der Waals surface area contributed by atoms with E-state index in [1.807, 2.05) is 6.92 Å². The van der Waals surface area contributed by atoms with Gasteiger partial charge in [0.2, 0.25) is 5.91 Å². The van der Waals surface area contributed by atoms with Gasteiger partial charge in [0.15, 0.2) is 0 Å². The number of rotatable bonds is 6. The highest BCUT2D eigenvalue weighted by molar-refractivity contribution is 6.33. The van der Waals surface area contributed by atoms with Crippen molar-refractivity contribution in [1.29, 1.82) is 0 Å². The van der Waals surface area contributed by atoms with E-state index in [0.29, 0.717) is 16.4 Å². The number of hydrogen-bond donors (Lipinski definition) is 2. The van der Waals surface area contributed by atoms with Crippen LogP contribution in [0.3, 0.4) is 0 Å². The first-order chi connectivity index (χ1) is 9.72. The minimum absolute atomic E-state index is 0.123. The Kier molecular flexibility index (Phi) is 5.09. The van der Waals surface area contributed by atoms with Crippen molar-refractivity contribution < 1.29 is 4.79 Å². The summed E-state index contributed by atoms with van der Waals surface area (Å²) in [5.41, 5.74) is 1.21. The largest absolute Gasteiger partial charge is 0.323 e. The van der Waals surface area contributed by atoms with Gasteiger partial charge in [0, 0.05) is 0 Å². The van der Waals surface area contributed by atoms with Gasteiger partial charge in [-0.2, -0.15) is 5.10 Å². The smallest absolute Gasteiger partial charge is 0.238 e. The summed E-state index contributed by atoms with van der Waals surface area (Å²) in [6.45, 7) is 3.11. The maximum atomic E-state index is 11.9. The predicted molar refractivity (Wildman–Crippen MR) is 78.2 cm³/mol. The van der Waals surface area contributed by atoms with Gasteiger partial charge in [0.25, 0.3) is 0 Å². The van der Waals surface area contributed by atoms with Crippen LogP contribution in [0.15, 0.2) is 30.9 Å². The Morgan fingerprint density at radius 1 is 1.45 bits per heavy atom. The summed E-state index contributed by atoms with van der Waals surface area (Å²) in [7, 11) is 0. The zero-order valence-corrected chi connectivity index (χ0v) is 11.9. The lowest BCUT2D eigenvalue weighted by molar-refractivity contribution is -0.115. The van der Waals surface area contributed by atoms with Gasteiger partial charge in [-0.1, -0.05) is 24.6 Å². The van der Waals surface area contributed by atoms with Crippen LogP contribution >= 0.6 is 11.6 Å². The molecule has 2 N–H and O–H groups in total. The Labute approximate surface area is 122 Å². The van der Waals surface area contributed by atoms with Crippen LogP contribution in [-0.2, 0) is 4.79 Å². The maximum Gasteiger partial charge on any atom is 0.238 e. The van der Waals surface area contributed by atoms with Crippen molar-refractivity contribution in [3.63, 3.8) is 0 Å². The molecule has 2 aromatic rings. The van der Waals surface area contributed by atoms with Crippen molar-refractivity contribution in [3.8, 4) is 5.69 Å². The van der Waals surface area contributed by atoms with Crippen LogP contribution in [0.2, 0.25) is 5.02 Å². The maximum absolute atomic E-state index is 11.9. The number of nitrogens with one attached hydrogen (secondary N) is 2. The second-order valence-corrected chi connectivity index (χ2v) is 4.61. The van der Waals surface area contributed by atoms with Crippen molar-refractivity contribution in [2.45, 2.75) is 13.3 Å². The van der Waals surface area contributed by atoms with Crippen LogP contribution in [0.4, 0.5) is 5.69 Å². The third-order valence-electron chi connectivity index (χ3n) is 2.62. The second kappa shape index (κ2) is 7.02. The highest BCUT2D eigenvalue weighted by Crippen LogP contribution is 2.27. The van der Waals surface area contributed by atoms with Gasteiger partial charge in [0.1, 0.15) is 18.3 Å². The molecule has 0 atom stereocenters. The molecule has 6 nitrogen and oxygen atoms in total. The van der Waals surface area contributed by atoms with Crippen molar-refractivity contribution in [2.24, 2.45) is 0 Å². The number of carbonyl (C=O) groups is 1. The number of anilines is 1. The number of amides is 1. The highest BCUT2D eigenvalue weighted by atomic mass is 35.5. The molecular formula is C13H16ClN5O. The number of para-hydroxylation sites is 1. The molecule has 0 radical (unpaired) electrons. The zero-order chi connectivity index (χ0) is 14.4.